The van der Waals surface area contributed by atoms with Gasteiger partial charge in [0.05, 0.1) is 19.8 Å². The monoisotopic (exact) mass is 500 g/mol. The van der Waals surface area contributed by atoms with Crippen molar-refractivity contribution in [3.63, 3.8) is 0 Å². The van der Waals surface area contributed by atoms with Crippen molar-refractivity contribution in [1.82, 2.24) is 25.1 Å². The standard InChI is InChI=1S/C12H15NOS.C9H13N5O3.C3H4/c1-10-4-7-14-6-2-3-11(9-10)12-13-5-8-15-12;1-6(15)10-9-11-7(12-13-9)8(16)14-2-4-17-5-3-14;1-3-2/h2-3,5,8-10H,4,6-7H2,1H3;2-5H2,1H3,(H2,10,11,12,13,15);1H,2H3/b3-2-,11-9+;;. The van der Waals surface area contributed by atoms with Crippen LogP contribution in [0.15, 0.2) is 29.8 Å². The Kier molecular flexibility index (Phi) is 12.4. The molecule has 11 heteroatoms. The molecule has 35 heavy (non-hydrogen) atoms. The van der Waals surface area contributed by atoms with Crippen molar-refractivity contribution < 1.29 is 19.1 Å². The molecule has 0 radical (unpaired) electrons. The van der Waals surface area contributed by atoms with Crippen LogP contribution in [0.5, 0.6) is 0 Å². The topological polar surface area (TPSA) is 122 Å². The number of aromatic amines is 1. The lowest BCUT2D eigenvalue weighted by Gasteiger charge is -2.25. The van der Waals surface area contributed by atoms with E-state index in [-0.39, 0.29) is 23.6 Å². The van der Waals surface area contributed by atoms with Crippen molar-refractivity contribution in [2.75, 3.05) is 44.8 Å². The molecule has 0 saturated carbocycles. The van der Waals surface area contributed by atoms with Gasteiger partial charge in [-0.2, -0.15) is 4.98 Å². The smallest absolute Gasteiger partial charge is 0.291 e. The molecule has 188 valence electrons. The van der Waals surface area contributed by atoms with Crippen molar-refractivity contribution >= 4 is 34.7 Å². The van der Waals surface area contributed by atoms with E-state index in [2.05, 4.69) is 63.0 Å². The quantitative estimate of drug-likeness (QED) is 0.621. The lowest BCUT2D eigenvalue weighted by atomic mass is 10.0. The molecule has 1 atom stereocenters. The molecule has 0 spiro atoms. The highest BCUT2D eigenvalue weighted by atomic mass is 32.1. The Labute approximate surface area is 209 Å². The maximum absolute atomic E-state index is 11.9. The molecule has 0 aliphatic carbocycles. The molecular weight excluding hydrogens is 468 g/mol. The molecular formula is C24H32N6O4S. The van der Waals surface area contributed by atoms with Crippen LogP contribution in [0.3, 0.4) is 0 Å². The molecule has 1 saturated heterocycles. The maximum atomic E-state index is 11.9. The molecule has 1 fully saturated rings. The number of nitrogens with one attached hydrogen (secondary N) is 2. The highest BCUT2D eigenvalue weighted by Crippen LogP contribution is 2.22. The zero-order chi connectivity index (χ0) is 25.5. The third kappa shape index (κ3) is 10.2. The Hall–Kier alpha value is -3.33. The van der Waals surface area contributed by atoms with Crippen molar-refractivity contribution in [3.05, 3.63) is 40.6 Å². The maximum Gasteiger partial charge on any atom is 0.291 e. The van der Waals surface area contributed by atoms with E-state index in [4.69, 9.17) is 9.47 Å². The lowest BCUT2D eigenvalue weighted by Crippen LogP contribution is -2.41. The minimum Gasteiger partial charge on any atom is -0.378 e. The van der Waals surface area contributed by atoms with Crippen molar-refractivity contribution in [3.8, 4) is 12.3 Å². The normalized spacial score (nSPS) is 20.0. The van der Waals surface area contributed by atoms with E-state index in [1.807, 2.05) is 11.6 Å². The molecule has 2 aliphatic heterocycles. The van der Waals surface area contributed by atoms with Gasteiger partial charge >= 0.3 is 0 Å². The Morgan fingerprint density at radius 2 is 2.03 bits per heavy atom. The first-order valence-electron chi connectivity index (χ1n) is 11.2. The second-order valence-corrected chi connectivity index (χ2v) is 8.48. The first kappa shape index (κ1) is 27.9. The molecule has 0 aromatic carbocycles. The summed E-state index contributed by atoms with van der Waals surface area (Å²) in [5, 5.41) is 11.7. The number of rotatable bonds is 3. The number of H-pyrrole nitrogens is 1. The zero-order valence-corrected chi connectivity index (χ0v) is 21.1. The number of nitrogens with zero attached hydrogens (tertiary/aromatic N) is 4. The summed E-state index contributed by atoms with van der Waals surface area (Å²) in [5.41, 5.74) is 1.23. The Bertz CT molecular complexity index is 1020. The third-order valence-electron chi connectivity index (χ3n) is 4.65. The van der Waals surface area contributed by atoms with Crippen LogP contribution in [0.1, 0.15) is 42.8 Å². The predicted molar refractivity (Wildman–Crippen MR) is 136 cm³/mol. The van der Waals surface area contributed by atoms with Crippen LogP contribution in [0.25, 0.3) is 5.57 Å². The summed E-state index contributed by atoms with van der Waals surface area (Å²) < 4.78 is 10.6. The van der Waals surface area contributed by atoms with E-state index in [0.29, 0.717) is 38.8 Å². The summed E-state index contributed by atoms with van der Waals surface area (Å²) >= 11 is 1.68. The number of thiazole rings is 1. The van der Waals surface area contributed by atoms with Crippen LogP contribution in [0.4, 0.5) is 5.95 Å². The highest BCUT2D eigenvalue weighted by molar-refractivity contribution is 7.10. The molecule has 2 amide bonds. The number of hydrogen-bond donors (Lipinski definition) is 2. The van der Waals surface area contributed by atoms with Crippen molar-refractivity contribution in [2.45, 2.75) is 27.2 Å². The fraction of sp³-hybridized carbons (Fsp3) is 0.458. The number of terminal acetylenes is 1. The van der Waals surface area contributed by atoms with Crippen LogP contribution in [0, 0.1) is 18.3 Å². The van der Waals surface area contributed by atoms with Gasteiger partial charge in [0.25, 0.3) is 5.91 Å². The van der Waals surface area contributed by atoms with Crippen LogP contribution in [0.2, 0.25) is 0 Å². The molecule has 10 nitrogen and oxygen atoms in total. The van der Waals surface area contributed by atoms with E-state index < -0.39 is 0 Å². The number of ether oxygens (including phenoxy) is 2. The highest BCUT2D eigenvalue weighted by Gasteiger charge is 2.21. The van der Waals surface area contributed by atoms with E-state index in [1.54, 1.807) is 23.2 Å². The fourth-order valence-corrected chi connectivity index (χ4v) is 3.68. The number of carbonyl (C=O) groups excluding carboxylic acids is 2. The lowest BCUT2D eigenvalue weighted by molar-refractivity contribution is -0.114. The van der Waals surface area contributed by atoms with Gasteiger partial charge in [-0.25, -0.2) is 4.98 Å². The van der Waals surface area contributed by atoms with E-state index >= 15 is 0 Å². The van der Waals surface area contributed by atoms with Crippen LogP contribution in [-0.4, -0.2) is 76.4 Å². The van der Waals surface area contributed by atoms with E-state index in [9.17, 15) is 9.59 Å². The van der Waals surface area contributed by atoms with Gasteiger partial charge in [-0.1, -0.05) is 25.2 Å². The first-order valence-corrected chi connectivity index (χ1v) is 12.1. The molecule has 2 aromatic rings. The van der Waals surface area contributed by atoms with Crippen LogP contribution >= 0.6 is 11.3 Å². The number of amides is 2. The van der Waals surface area contributed by atoms with Gasteiger partial charge in [-0.05, 0) is 19.3 Å². The van der Waals surface area contributed by atoms with Gasteiger partial charge in [-0.3, -0.25) is 20.0 Å². The number of carbonyl (C=O) groups is 2. The van der Waals surface area contributed by atoms with Gasteiger partial charge in [0, 0.05) is 43.8 Å². The van der Waals surface area contributed by atoms with Crippen molar-refractivity contribution in [2.24, 2.45) is 5.92 Å². The summed E-state index contributed by atoms with van der Waals surface area (Å²) in [6, 6.07) is 0. The summed E-state index contributed by atoms with van der Waals surface area (Å²) in [4.78, 5) is 32.6. The van der Waals surface area contributed by atoms with Gasteiger partial charge in [0.2, 0.25) is 17.7 Å². The molecule has 2 aromatic heterocycles. The number of hydrogen-bond acceptors (Lipinski definition) is 8. The molecule has 0 bridgehead atoms. The molecule has 2 aliphatic rings. The van der Waals surface area contributed by atoms with E-state index in [1.165, 1.54) is 12.5 Å². The Morgan fingerprint density at radius 1 is 1.29 bits per heavy atom. The second kappa shape index (κ2) is 15.5. The number of aromatic nitrogens is 4. The van der Waals surface area contributed by atoms with Gasteiger partial charge in [0.1, 0.15) is 5.01 Å². The molecule has 4 heterocycles. The average molecular weight is 501 g/mol. The Balaban J connectivity index is 0.000000223. The summed E-state index contributed by atoms with van der Waals surface area (Å²) in [5.74, 6) is 2.50. The number of morpholine rings is 1. The van der Waals surface area contributed by atoms with Gasteiger partial charge in [0.15, 0.2) is 0 Å². The first-order chi connectivity index (χ1) is 16.9. The summed E-state index contributed by atoms with van der Waals surface area (Å²) in [7, 11) is 0. The average Bonchev–Trinajstić information content (AvgIpc) is 3.54. The predicted octanol–water partition coefficient (Wildman–Crippen LogP) is 3.01. The Morgan fingerprint density at radius 3 is 2.69 bits per heavy atom. The summed E-state index contributed by atoms with van der Waals surface area (Å²) in [6.45, 7) is 8.89. The van der Waals surface area contributed by atoms with Crippen LogP contribution < -0.4 is 5.32 Å². The summed E-state index contributed by atoms with van der Waals surface area (Å²) in [6.07, 6.45) is 14.0. The number of anilines is 1. The molecule has 2 N–H and O–H groups in total. The van der Waals surface area contributed by atoms with Crippen molar-refractivity contribution in [1.29, 1.82) is 0 Å². The minimum atomic E-state index is -0.283. The molecule has 1 unspecified atom stereocenters. The number of allylic oxidation sites excluding steroid dienone is 3. The SMILES string of the molecule is C#CC.CC(=O)Nc1n[nH]c(C(=O)N2CCOCC2)n1.CC1/C=C(c2nccs2)\C=C/COCC1. The zero-order valence-electron chi connectivity index (χ0n) is 20.3. The second-order valence-electron chi connectivity index (χ2n) is 7.58. The molecule has 4 rings (SSSR count). The van der Waals surface area contributed by atoms with Crippen LogP contribution in [-0.2, 0) is 14.3 Å². The van der Waals surface area contributed by atoms with Gasteiger partial charge < -0.3 is 14.4 Å². The third-order valence-corrected chi connectivity index (χ3v) is 5.47. The van der Waals surface area contributed by atoms with E-state index in [0.717, 1.165) is 18.0 Å². The van der Waals surface area contributed by atoms with Gasteiger partial charge in [-0.15, -0.1) is 28.8 Å². The fourth-order valence-electron chi connectivity index (χ4n) is 3.04. The largest absolute Gasteiger partial charge is 0.378 e. The minimum absolute atomic E-state index is 0.106.